The van der Waals surface area contributed by atoms with Gasteiger partial charge in [0.05, 0.1) is 12.6 Å². The van der Waals surface area contributed by atoms with Crippen LogP contribution in [-0.2, 0) is 9.59 Å². The van der Waals surface area contributed by atoms with Gasteiger partial charge in [-0.15, -0.1) is 0 Å². The van der Waals surface area contributed by atoms with Gasteiger partial charge in [0.1, 0.15) is 6.04 Å². The molecule has 0 radical (unpaired) electrons. The molecule has 1 aliphatic rings. The number of hydrogen-bond acceptors (Lipinski definition) is 5. The standard InChI is InChI=1S/C13H22N4O4/c1-13(2,3)17(12(20)21)6-8(18)4-7(14)5-9-10(15)11(19)16-9/h4,9-10H,5-6,14-15H2,1-3H3,(H,16,19)(H,20,21)/t9-,10+/m1/s1. The molecule has 1 rings (SSSR count). The van der Waals surface area contributed by atoms with E-state index in [1.54, 1.807) is 20.8 Å². The minimum atomic E-state index is -1.17. The lowest BCUT2D eigenvalue weighted by molar-refractivity contribution is -0.130. The smallest absolute Gasteiger partial charge is 0.408 e. The maximum atomic E-state index is 11.9. The summed E-state index contributed by atoms with van der Waals surface area (Å²) in [4.78, 5) is 35.0. The molecular weight excluding hydrogens is 276 g/mol. The molecule has 0 unspecified atom stereocenters. The van der Waals surface area contributed by atoms with Crippen molar-refractivity contribution in [3.05, 3.63) is 11.8 Å². The summed E-state index contributed by atoms with van der Waals surface area (Å²) in [6.45, 7) is 4.82. The van der Waals surface area contributed by atoms with Crippen LogP contribution >= 0.6 is 0 Å². The first-order chi connectivity index (χ1) is 9.52. The first-order valence-electron chi connectivity index (χ1n) is 6.57. The fourth-order valence-electron chi connectivity index (χ4n) is 1.95. The average Bonchev–Trinajstić information content (AvgIpc) is 2.33. The largest absolute Gasteiger partial charge is 0.465 e. The van der Waals surface area contributed by atoms with Gasteiger partial charge in [0.2, 0.25) is 5.91 Å². The van der Waals surface area contributed by atoms with Crippen LogP contribution in [0.1, 0.15) is 27.2 Å². The van der Waals surface area contributed by atoms with E-state index >= 15 is 0 Å². The van der Waals surface area contributed by atoms with E-state index in [1.165, 1.54) is 6.08 Å². The van der Waals surface area contributed by atoms with Crippen LogP contribution in [-0.4, -0.2) is 52.0 Å². The van der Waals surface area contributed by atoms with E-state index in [-0.39, 0.29) is 30.6 Å². The van der Waals surface area contributed by atoms with Crippen LogP contribution in [0.4, 0.5) is 4.79 Å². The second kappa shape index (κ2) is 6.13. The van der Waals surface area contributed by atoms with Crippen LogP contribution in [0.5, 0.6) is 0 Å². The highest BCUT2D eigenvalue weighted by atomic mass is 16.4. The number of nitrogens with zero attached hydrogens (tertiary/aromatic N) is 1. The molecule has 1 aliphatic heterocycles. The fourth-order valence-corrected chi connectivity index (χ4v) is 1.95. The Bertz CT molecular complexity index is 481. The summed E-state index contributed by atoms with van der Waals surface area (Å²) in [5, 5.41) is 11.7. The molecule has 8 heteroatoms. The normalized spacial score (nSPS) is 22.3. The summed E-state index contributed by atoms with van der Waals surface area (Å²) in [5.41, 5.74) is 10.9. The van der Waals surface area contributed by atoms with Crippen molar-refractivity contribution in [3.8, 4) is 0 Å². The van der Waals surface area contributed by atoms with Gasteiger partial charge in [-0.1, -0.05) is 0 Å². The summed E-state index contributed by atoms with van der Waals surface area (Å²) in [6, 6.07) is -0.892. The molecule has 0 aliphatic carbocycles. The monoisotopic (exact) mass is 298 g/mol. The lowest BCUT2D eigenvalue weighted by Gasteiger charge is -2.34. The molecule has 8 nitrogen and oxygen atoms in total. The zero-order valence-corrected chi connectivity index (χ0v) is 12.4. The van der Waals surface area contributed by atoms with Gasteiger partial charge in [0, 0.05) is 23.7 Å². The number of nitrogens with two attached hydrogens (primary N) is 2. The Balaban J connectivity index is 2.60. The third-order valence-corrected chi connectivity index (χ3v) is 3.22. The molecule has 0 bridgehead atoms. The first-order valence-corrected chi connectivity index (χ1v) is 6.57. The Morgan fingerprint density at radius 2 is 2.00 bits per heavy atom. The predicted octanol–water partition coefficient (Wildman–Crippen LogP) is -0.608. The van der Waals surface area contributed by atoms with Gasteiger partial charge in [-0.25, -0.2) is 4.79 Å². The molecule has 0 aromatic carbocycles. The van der Waals surface area contributed by atoms with Crippen molar-refractivity contribution >= 4 is 17.8 Å². The van der Waals surface area contributed by atoms with Crippen LogP contribution in [0.2, 0.25) is 0 Å². The molecule has 2 amide bonds. The van der Waals surface area contributed by atoms with Crippen molar-refractivity contribution in [2.75, 3.05) is 6.54 Å². The second-order valence-electron chi connectivity index (χ2n) is 6.07. The van der Waals surface area contributed by atoms with Crippen LogP contribution in [0, 0.1) is 0 Å². The third kappa shape index (κ3) is 4.45. The van der Waals surface area contributed by atoms with E-state index < -0.39 is 23.5 Å². The van der Waals surface area contributed by atoms with Gasteiger partial charge < -0.3 is 21.9 Å². The van der Waals surface area contributed by atoms with Gasteiger partial charge in [-0.2, -0.15) is 0 Å². The maximum Gasteiger partial charge on any atom is 0.408 e. The number of ketones is 1. The van der Waals surface area contributed by atoms with Crippen LogP contribution in [0.15, 0.2) is 11.8 Å². The molecule has 1 heterocycles. The van der Waals surface area contributed by atoms with Gasteiger partial charge >= 0.3 is 6.09 Å². The Morgan fingerprint density at radius 1 is 1.43 bits per heavy atom. The van der Waals surface area contributed by atoms with Gasteiger partial charge in [-0.05, 0) is 20.8 Å². The Kier molecular flexibility index (Phi) is 4.95. The van der Waals surface area contributed by atoms with Crippen LogP contribution in [0.25, 0.3) is 0 Å². The Hall–Kier alpha value is -2.09. The van der Waals surface area contributed by atoms with Gasteiger partial charge in [0.25, 0.3) is 0 Å². The molecule has 21 heavy (non-hydrogen) atoms. The molecular formula is C13H22N4O4. The van der Waals surface area contributed by atoms with Crippen LogP contribution < -0.4 is 16.8 Å². The SMILES string of the molecule is CC(C)(C)N(CC(=O)C=C(N)C[C@H]1NC(=O)[C@H]1N)C(=O)O. The molecule has 1 saturated heterocycles. The molecule has 0 spiro atoms. The fraction of sp³-hybridized carbons (Fsp3) is 0.615. The van der Waals surface area contributed by atoms with Crippen molar-refractivity contribution in [2.24, 2.45) is 11.5 Å². The highest BCUT2D eigenvalue weighted by molar-refractivity contribution is 5.94. The summed E-state index contributed by atoms with van der Waals surface area (Å²) < 4.78 is 0. The summed E-state index contributed by atoms with van der Waals surface area (Å²) >= 11 is 0. The number of nitrogens with one attached hydrogen (secondary N) is 1. The number of carbonyl (C=O) groups excluding carboxylic acids is 2. The number of carbonyl (C=O) groups is 3. The van der Waals surface area contributed by atoms with E-state index in [4.69, 9.17) is 16.6 Å². The Morgan fingerprint density at radius 3 is 2.38 bits per heavy atom. The summed E-state index contributed by atoms with van der Waals surface area (Å²) in [7, 11) is 0. The minimum absolute atomic E-state index is 0.246. The highest BCUT2D eigenvalue weighted by Gasteiger charge is 2.36. The number of carboxylic acid groups (broad SMARTS) is 1. The summed E-state index contributed by atoms with van der Waals surface area (Å²) in [6.07, 6.45) is 0.288. The summed E-state index contributed by atoms with van der Waals surface area (Å²) in [5.74, 6) is -0.659. The molecule has 0 saturated carbocycles. The van der Waals surface area contributed by atoms with Crippen molar-refractivity contribution in [3.63, 3.8) is 0 Å². The van der Waals surface area contributed by atoms with Crippen LogP contribution in [0.3, 0.4) is 0 Å². The number of amides is 2. The zero-order chi connectivity index (χ0) is 16.4. The number of hydrogen-bond donors (Lipinski definition) is 4. The quantitative estimate of drug-likeness (QED) is 0.394. The molecule has 1 fully saturated rings. The van der Waals surface area contributed by atoms with Crippen molar-refractivity contribution in [2.45, 2.75) is 44.8 Å². The molecule has 0 aromatic heterocycles. The van der Waals surface area contributed by atoms with E-state index in [9.17, 15) is 14.4 Å². The van der Waals surface area contributed by atoms with E-state index in [2.05, 4.69) is 5.32 Å². The number of rotatable bonds is 5. The van der Waals surface area contributed by atoms with E-state index in [1.807, 2.05) is 0 Å². The molecule has 2 atom stereocenters. The van der Waals surface area contributed by atoms with Crippen molar-refractivity contribution in [1.82, 2.24) is 10.2 Å². The van der Waals surface area contributed by atoms with Crippen molar-refractivity contribution < 1.29 is 19.5 Å². The lowest BCUT2D eigenvalue weighted by Crippen LogP contribution is -2.66. The van der Waals surface area contributed by atoms with Gasteiger partial charge in [-0.3, -0.25) is 14.5 Å². The predicted molar refractivity (Wildman–Crippen MR) is 76.3 cm³/mol. The first kappa shape index (κ1) is 17.0. The number of β-lactam (4-membered cyclic amide) rings is 1. The minimum Gasteiger partial charge on any atom is -0.465 e. The van der Waals surface area contributed by atoms with E-state index in [0.29, 0.717) is 0 Å². The molecule has 6 N–H and O–H groups in total. The Labute approximate surface area is 123 Å². The second-order valence-corrected chi connectivity index (χ2v) is 6.07. The zero-order valence-electron chi connectivity index (χ0n) is 12.4. The molecule has 118 valence electrons. The average molecular weight is 298 g/mol. The van der Waals surface area contributed by atoms with Crippen molar-refractivity contribution in [1.29, 1.82) is 0 Å². The topological polar surface area (TPSA) is 139 Å². The highest BCUT2D eigenvalue weighted by Crippen LogP contribution is 2.14. The third-order valence-electron chi connectivity index (χ3n) is 3.22. The lowest BCUT2D eigenvalue weighted by atomic mass is 9.95. The molecule has 0 aromatic rings. The van der Waals surface area contributed by atoms with Gasteiger partial charge in [0.15, 0.2) is 5.78 Å². The maximum absolute atomic E-state index is 11.9. The van der Waals surface area contributed by atoms with E-state index in [0.717, 1.165) is 4.90 Å².